The van der Waals surface area contributed by atoms with E-state index in [1.807, 2.05) is 92.7 Å². The number of carbonyl (C=O) groups excluding carboxylic acids is 2. The summed E-state index contributed by atoms with van der Waals surface area (Å²) in [5, 5.41) is 2.90. The number of rotatable bonds is 10. The number of nitrogens with zero attached hydrogens (tertiary/aromatic N) is 1. The fourth-order valence-electron chi connectivity index (χ4n) is 3.62. The number of ether oxygens (including phenoxy) is 1. The van der Waals surface area contributed by atoms with Gasteiger partial charge < -0.3 is 15.0 Å². The number of para-hydroxylation sites is 1. The minimum Gasteiger partial charge on any atom is -0.484 e. The van der Waals surface area contributed by atoms with E-state index in [0.29, 0.717) is 25.3 Å². The smallest absolute Gasteiger partial charge is 0.261 e. The molecule has 5 nitrogen and oxygen atoms in total. The molecule has 3 aromatic carbocycles. The molecule has 0 bridgehead atoms. The summed E-state index contributed by atoms with van der Waals surface area (Å²) in [6.07, 6.45) is 0.413. The summed E-state index contributed by atoms with van der Waals surface area (Å²) in [6.45, 7) is 4.45. The van der Waals surface area contributed by atoms with Crippen LogP contribution in [-0.4, -0.2) is 35.9 Å². The summed E-state index contributed by atoms with van der Waals surface area (Å²) in [7, 11) is 0. The zero-order chi connectivity index (χ0) is 23.6. The van der Waals surface area contributed by atoms with Gasteiger partial charge in [-0.3, -0.25) is 9.59 Å². The fourth-order valence-corrected chi connectivity index (χ4v) is 4.07. The van der Waals surface area contributed by atoms with E-state index in [9.17, 15) is 9.59 Å². The first-order chi connectivity index (χ1) is 16.0. The van der Waals surface area contributed by atoms with Gasteiger partial charge in [0, 0.05) is 24.0 Å². The van der Waals surface area contributed by atoms with Crippen LogP contribution in [0, 0.1) is 6.92 Å². The molecule has 0 aromatic heterocycles. The average molecular weight is 509 g/mol. The van der Waals surface area contributed by atoms with Crippen LogP contribution in [0.5, 0.6) is 5.75 Å². The molecule has 0 aliphatic carbocycles. The van der Waals surface area contributed by atoms with Gasteiger partial charge in [0.2, 0.25) is 5.91 Å². The number of benzene rings is 3. The number of nitrogens with one attached hydrogen (secondary N) is 1. The van der Waals surface area contributed by atoms with Gasteiger partial charge >= 0.3 is 0 Å². The molecule has 172 valence electrons. The van der Waals surface area contributed by atoms with Crippen molar-refractivity contribution in [3.05, 3.63) is 100 Å². The molecule has 0 aliphatic heterocycles. The normalized spacial score (nSPS) is 11.5. The maximum Gasteiger partial charge on any atom is 0.261 e. The minimum atomic E-state index is -0.667. The predicted molar refractivity (Wildman–Crippen MR) is 134 cm³/mol. The lowest BCUT2D eigenvalue weighted by molar-refractivity contribution is -0.142. The van der Waals surface area contributed by atoms with Crippen molar-refractivity contribution in [2.24, 2.45) is 0 Å². The SMILES string of the molecule is CCNC(=O)C(Cc1ccccc1)N(Cc1cccc(Br)c1)C(=O)COc1ccccc1C. The Morgan fingerprint density at radius 1 is 0.970 bits per heavy atom. The summed E-state index contributed by atoms with van der Waals surface area (Å²) in [5.41, 5.74) is 2.87. The summed E-state index contributed by atoms with van der Waals surface area (Å²) in [6, 6.07) is 24.4. The van der Waals surface area contributed by atoms with E-state index < -0.39 is 6.04 Å². The highest BCUT2D eigenvalue weighted by atomic mass is 79.9. The lowest BCUT2D eigenvalue weighted by Crippen LogP contribution is -2.51. The van der Waals surface area contributed by atoms with Gasteiger partial charge in [0.1, 0.15) is 11.8 Å². The molecule has 0 spiro atoms. The van der Waals surface area contributed by atoms with Gasteiger partial charge in [-0.2, -0.15) is 0 Å². The standard InChI is InChI=1S/C27H29BrN2O3/c1-3-29-27(32)24(17-21-11-5-4-6-12-21)30(18-22-13-9-14-23(28)16-22)26(31)19-33-25-15-8-7-10-20(25)2/h4-16,24H,3,17-19H2,1-2H3,(H,29,32). The zero-order valence-corrected chi connectivity index (χ0v) is 20.5. The maximum atomic E-state index is 13.5. The van der Waals surface area contributed by atoms with Gasteiger partial charge in [-0.15, -0.1) is 0 Å². The van der Waals surface area contributed by atoms with Gasteiger partial charge in [0.25, 0.3) is 5.91 Å². The second-order valence-corrected chi connectivity index (χ2v) is 8.72. The van der Waals surface area contributed by atoms with Crippen LogP contribution in [0.3, 0.4) is 0 Å². The Bertz CT molecular complexity index is 1070. The van der Waals surface area contributed by atoms with Crippen LogP contribution in [-0.2, 0) is 22.6 Å². The van der Waals surface area contributed by atoms with Crippen molar-refractivity contribution >= 4 is 27.7 Å². The first-order valence-electron chi connectivity index (χ1n) is 11.0. The quantitative estimate of drug-likeness (QED) is 0.423. The Hall–Kier alpha value is -3.12. The molecule has 0 radical (unpaired) electrons. The van der Waals surface area contributed by atoms with E-state index in [1.165, 1.54) is 0 Å². The molecule has 0 saturated heterocycles. The lowest BCUT2D eigenvalue weighted by Gasteiger charge is -2.31. The van der Waals surface area contributed by atoms with Crippen molar-refractivity contribution in [2.75, 3.05) is 13.2 Å². The molecule has 3 rings (SSSR count). The van der Waals surface area contributed by atoms with E-state index in [-0.39, 0.29) is 18.4 Å². The summed E-state index contributed by atoms with van der Waals surface area (Å²) in [5.74, 6) is 0.233. The van der Waals surface area contributed by atoms with Crippen LogP contribution in [0.1, 0.15) is 23.6 Å². The van der Waals surface area contributed by atoms with E-state index in [4.69, 9.17) is 4.74 Å². The predicted octanol–water partition coefficient (Wildman–Crippen LogP) is 4.91. The molecule has 0 heterocycles. The monoisotopic (exact) mass is 508 g/mol. The highest BCUT2D eigenvalue weighted by Crippen LogP contribution is 2.20. The topological polar surface area (TPSA) is 58.6 Å². The average Bonchev–Trinajstić information content (AvgIpc) is 2.81. The fraction of sp³-hybridized carbons (Fsp3) is 0.259. The lowest BCUT2D eigenvalue weighted by atomic mass is 10.0. The molecule has 0 fully saturated rings. The zero-order valence-electron chi connectivity index (χ0n) is 19.0. The van der Waals surface area contributed by atoms with Crippen LogP contribution in [0.25, 0.3) is 0 Å². The van der Waals surface area contributed by atoms with E-state index >= 15 is 0 Å². The van der Waals surface area contributed by atoms with E-state index in [1.54, 1.807) is 4.90 Å². The molecule has 1 atom stereocenters. The summed E-state index contributed by atoms with van der Waals surface area (Å²) >= 11 is 3.50. The molecule has 3 aromatic rings. The number of carbonyl (C=O) groups is 2. The first-order valence-corrected chi connectivity index (χ1v) is 11.8. The van der Waals surface area contributed by atoms with Crippen LogP contribution < -0.4 is 10.1 Å². The Kier molecular flexibility index (Phi) is 9.07. The van der Waals surface area contributed by atoms with Gasteiger partial charge in [-0.25, -0.2) is 0 Å². The number of likely N-dealkylation sites (N-methyl/N-ethyl adjacent to an activating group) is 1. The minimum absolute atomic E-state index is 0.149. The van der Waals surface area contributed by atoms with Crippen molar-refractivity contribution in [1.29, 1.82) is 0 Å². The molecular formula is C27H29BrN2O3. The Balaban J connectivity index is 1.90. The van der Waals surface area contributed by atoms with Crippen molar-refractivity contribution in [2.45, 2.75) is 32.9 Å². The second-order valence-electron chi connectivity index (χ2n) is 7.81. The largest absolute Gasteiger partial charge is 0.484 e. The van der Waals surface area contributed by atoms with Crippen LogP contribution in [0.4, 0.5) is 0 Å². The van der Waals surface area contributed by atoms with Gasteiger partial charge in [0.15, 0.2) is 6.61 Å². The molecule has 2 amide bonds. The van der Waals surface area contributed by atoms with Crippen molar-refractivity contribution in [1.82, 2.24) is 10.2 Å². The van der Waals surface area contributed by atoms with Crippen molar-refractivity contribution in [3.63, 3.8) is 0 Å². The van der Waals surface area contributed by atoms with Crippen LogP contribution >= 0.6 is 15.9 Å². The number of amides is 2. The summed E-state index contributed by atoms with van der Waals surface area (Å²) < 4.78 is 6.77. The van der Waals surface area contributed by atoms with Gasteiger partial charge in [0.05, 0.1) is 0 Å². The third-order valence-corrected chi connectivity index (χ3v) is 5.80. The van der Waals surface area contributed by atoms with Crippen LogP contribution in [0.15, 0.2) is 83.3 Å². The second kappa shape index (κ2) is 12.2. The Morgan fingerprint density at radius 3 is 2.36 bits per heavy atom. The van der Waals surface area contributed by atoms with Crippen molar-refractivity contribution in [3.8, 4) is 5.75 Å². The molecule has 1 unspecified atom stereocenters. The highest BCUT2D eigenvalue weighted by molar-refractivity contribution is 9.10. The summed E-state index contributed by atoms with van der Waals surface area (Å²) in [4.78, 5) is 28.2. The number of hydrogen-bond acceptors (Lipinski definition) is 3. The first kappa shape index (κ1) is 24.5. The molecule has 1 N–H and O–H groups in total. The molecular weight excluding hydrogens is 480 g/mol. The van der Waals surface area contributed by atoms with Gasteiger partial charge in [-0.05, 0) is 48.7 Å². The van der Waals surface area contributed by atoms with Gasteiger partial charge in [-0.1, -0.05) is 76.6 Å². The van der Waals surface area contributed by atoms with E-state index in [0.717, 1.165) is 21.2 Å². The Labute approximate surface area is 203 Å². The third-order valence-electron chi connectivity index (χ3n) is 5.31. The molecule has 33 heavy (non-hydrogen) atoms. The number of halogens is 1. The highest BCUT2D eigenvalue weighted by Gasteiger charge is 2.30. The maximum absolute atomic E-state index is 13.5. The van der Waals surface area contributed by atoms with E-state index in [2.05, 4.69) is 21.2 Å². The third kappa shape index (κ3) is 7.19. The molecule has 0 aliphatic rings. The molecule has 6 heteroatoms. The van der Waals surface area contributed by atoms with Crippen molar-refractivity contribution < 1.29 is 14.3 Å². The molecule has 0 saturated carbocycles. The Morgan fingerprint density at radius 2 is 1.67 bits per heavy atom. The number of aryl methyl sites for hydroxylation is 1. The van der Waals surface area contributed by atoms with Crippen LogP contribution in [0.2, 0.25) is 0 Å². The number of hydrogen-bond donors (Lipinski definition) is 1.